The summed E-state index contributed by atoms with van der Waals surface area (Å²) in [5.41, 5.74) is 1.83. The van der Waals surface area contributed by atoms with E-state index in [2.05, 4.69) is 25.1 Å². The zero-order valence-corrected chi connectivity index (χ0v) is 7.55. The van der Waals surface area contributed by atoms with Crippen molar-refractivity contribution in [3.8, 4) is 0 Å². The molecule has 0 fully saturated rings. The van der Waals surface area contributed by atoms with E-state index in [0.717, 1.165) is 24.2 Å². The highest BCUT2D eigenvalue weighted by Crippen LogP contribution is 2.03. The molecule has 1 aliphatic heterocycles. The standard InChI is InChI=1S/C6H5N3.C3H5NO/c1-2-4-6-5(3-1)7-9-8-6;1-2-5-3-4-1/h1-4H,(H,7,8,9);3H,1-2H2. The first-order valence-electron chi connectivity index (χ1n) is 4.32. The molecule has 0 bridgehead atoms. The van der Waals surface area contributed by atoms with Gasteiger partial charge < -0.3 is 4.74 Å². The third-order valence-corrected chi connectivity index (χ3v) is 1.71. The number of aromatic amines is 1. The lowest BCUT2D eigenvalue weighted by atomic mass is 10.3. The van der Waals surface area contributed by atoms with Gasteiger partial charge in [0.2, 0.25) is 0 Å². The largest absolute Gasteiger partial charge is 0.482 e. The number of aliphatic imine (C=N–C) groups is 1. The molecular weight excluding hydrogens is 180 g/mol. The number of rotatable bonds is 0. The van der Waals surface area contributed by atoms with Crippen LogP contribution >= 0.6 is 0 Å². The Hall–Kier alpha value is -1.91. The minimum Gasteiger partial charge on any atom is -0.482 e. The molecule has 5 heteroatoms. The summed E-state index contributed by atoms with van der Waals surface area (Å²) < 4.78 is 4.65. The lowest BCUT2D eigenvalue weighted by molar-refractivity contribution is 0.361. The number of H-pyrrole nitrogens is 1. The van der Waals surface area contributed by atoms with Crippen LogP contribution in [0.4, 0.5) is 0 Å². The molecule has 1 N–H and O–H groups in total. The summed E-state index contributed by atoms with van der Waals surface area (Å²) in [6.07, 6.45) is 1.49. The minimum atomic E-state index is 0.778. The van der Waals surface area contributed by atoms with Gasteiger partial charge in [-0.05, 0) is 12.1 Å². The van der Waals surface area contributed by atoms with E-state index < -0.39 is 0 Å². The van der Waals surface area contributed by atoms with Gasteiger partial charge >= 0.3 is 0 Å². The highest BCUT2D eigenvalue weighted by molar-refractivity contribution is 5.72. The summed E-state index contributed by atoms with van der Waals surface area (Å²) in [5.74, 6) is 0. The van der Waals surface area contributed by atoms with Crippen molar-refractivity contribution in [3.05, 3.63) is 24.3 Å². The average molecular weight is 190 g/mol. The zero-order valence-electron chi connectivity index (χ0n) is 7.55. The molecule has 2 aromatic rings. The summed E-state index contributed by atoms with van der Waals surface area (Å²) in [5, 5.41) is 10.3. The second-order valence-electron chi connectivity index (χ2n) is 2.69. The van der Waals surface area contributed by atoms with E-state index in [9.17, 15) is 0 Å². The molecule has 0 saturated carbocycles. The monoisotopic (exact) mass is 190 g/mol. The third-order valence-electron chi connectivity index (χ3n) is 1.71. The van der Waals surface area contributed by atoms with Crippen LogP contribution in [0.5, 0.6) is 0 Å². The number of benzene rings is 1. The van der Waals surface area contributed by atoms with E-state index >= 15 is 0 Å². The quantitative estimate of drug-likeness (QED) is 0.674. The van der Waals surface area contributed by atoms with Crippen molar-refractivity contribution in [2.45, 2.75) is 0 Å². The highest BCUT2D eigenvalue weighted by Gasteiger charge is 1.90. The molecule has 1 aromatic carbocycles. The lowest BCUT2D eigenvalue weighted by Crippen LogP contribution is -1.80. The van der Waals surface area contributed by atoms with Gasteiger partial charge in [0.25, 0.3) is 0 Å². The number of hydrogen-bond acceptors (Lipinski definition) is 4. The van der Waals surface area contributed by atoms with Crippen LogP contribution in [0.1, 0.15) is 0 Å². The van der Waals surface area contributed by atoms with Crippen LogP contribution < -0.4 is 0 Å². The number of para-hydroxylation sites is 2. The van der Waals surface area contributed by atoms with Crippen molar-refractivity contribution in [1.82, 2.24) is 15.4 Å². The fraction of sp³-hybridized carbons (Fsp3) is 0.222. The van der Waals surface area contributed by atoms with E-state index in [1.54, 1.807) is 0 Å². The summed E-state index contributed by atoms with van der Waals surface area (Å²) in [4.78, 5) is 3.74. The maximum absolute atomic E-state index is 4.65. The lowest BCUT2D eigenvalue weighted by Gasteiger charge is -1.78. The van der Waals surface area contributed by atoms with E-state index in [4.69, 9.17) is 0 Å². The maximum atomic E-state index is 4.65. The molecule has 0 atom stereocenters. The molecule has 0 radical (unpaired) electrons. The van der Waals surface area contributed by atoms with E-state index in [1.165, 1.54) is 6.40 Å². The van der Waals surface area contributed by atoms with Gasteiger partial charge in [0.15, 0.2) is 6.40 Å². The van der Waals surface area contributed by atoms with E-state index in [-0.39, 0.29) is 0 Å². The van der Waals surface area contributed by atoms with Gasteiger partial charge in [-0.2, -0.15) is 15.4 Å². The van der Waals surface area contributed by atoms with Crippen molar-refractivity contribution in [3.63, 3.8) is 0 Å². The minimum absolute atomic E-state index is 0.778. The van der Waals surface area contributed by atoms with Gasteiger partial charge in [0, 0.05) is 0 Å². The molecule has 5 nitrogen and oxygen atoms in total. The van der Waals surface area contributed by atoms with Crippen LogP contribution in [0.15, 0.2) is 29.3 Å². The van der Waals surface area contributed by atoms with Crippen molar-refractivity contribution >= 4 is 17.4 Å². The van der Waals surface area contributed by atoms with Gasteiger partial charge in [0.1, 0.15) is 17.6 Å². The molecule has 3 rings (SSSR count). The first kappa shape index (κ1) is 8.68. The Labute approximate surface area is 80.8 Å². The third kappa shape index (κ3) is 2.07. The Morgan fingerprint density at radius 1 is 1.14 bits per heavy atom. The molecule has 1 aromatic heterocycles. The molecule has 72 valence electrons. The van der Waals surface area contributed by atoms with E-state index in [0.29, 0.717) is 0 Å². The summed E-state index contributed by atoms with van der Waals surface area (Å²) in [6, 6.07) is 7.70. The summed E-state index contributed by atoms with van der Waals surface area (Å²) in [6.45, 7) is 1.62. The fourth-order valence-corrected chi connectivity index (χ4v) is 1.05. The number of aromatic nitrogens is 3. The Kier molecular flexibility index (Phi) is 2.70. The molecule has 0 aliphatic carbocycles. The average Bonchev–Trinajstić information content (AvgIpc) is 2.92. The molecule has 0 unspecified atom stereocenters. The van der Waals surface area contributed by atoms with Crippen LogP contribution in [0.3, 0.4) is 0 Å². The van der Waals surface area contributed by atoms with Crippen molar-refractivity contribution in [2.75, 3.05) is 13.2 Å². The Bertz CT molecular complexity index is 387. The second kappa shape index (κ2) is 4.36. The Morgan fingerprint density at radius 3 is 2.29 bits per heavy atom. The second-order valence-corrected chi connectivity index (χ2v) is 2.69. The van der Waals surface area contributed by atoms with E-state index in [1.807, 2.05) is 24.3 Å². The first-order valence-corrected chi connectivity index (χ1v) is 4.32. The topological polar surface area (TPSA) is 63.2 Å². The molecule has 0 saturated heterocycles. The Morgan fingerprint density at radius 2 is 1.86 bits per heavy atom. The predicted octanol–water partition coefficient (Wildman–Crippen LogP) is 1.00. The first-order chi connectivity index (χ1) is 6.97. The van der Waals surface area contributed by atoms with Gasteiger partial charge in [-0.3, -0.25) is 4.99 Å². The normalized spacial score (nSPS) is 13.4. The van der Waals surface area contributed by atoms with Crippen LogP contribution in [-0.4, -0.2) is 35.0 Å². The molecule has 0 amide bonds. The molecular formula is C9H10N4O. The van der Waals surface area contributed by atoms with Gasteiger partial charge in [-0.15, -0.1) is 0 Å². The van der Waals surface area contributed by atoms with Gasteiger partial charge in [0.05, 0.1) is 6.54 Å². The molecule has 14 heavy (non-hydrogen) atoms. The summed E-state index contributed by atoms with van der Waals surface area (Å²) >= 11 is 0. The Balaban J connectivity index is 0.000000128. The zero-order chi connectivity index (χ0) is 9.64. The van der Waals surface area contributed by atoms with Crippen LogP contribution in [0.25, 0.3) is 11.0 Å². The smallest absolute Gasteiger partial charge is 0.169 e. The maximum Gasteiger partial charge on any atom is 0.169 e. The van der Waals surface area contributed by atoms with Gasteiger partial charge in [-0.25, -0.2) is 0 Å². The van der Waals surface area contributed by atoms with Crippen molar-refractivity contribution in [2.24, 2.45) is 4.99 Å². The summed E-state index contributed by atoms with van der Waals surface area (Å²) in [7, 11) is 0. The number of fused-ring (bicyclic) bond motifs is 1. The van der Waals surface area contributed by atoms with Gasteiger partial charge in [-0.1, -0.05) is 12.1 Å². The number of nitrogens with zero attached hydrogens (tertiary/aromatic N) is 3. The predicted molar refractivity (Wildman–Crippen MR) is 53.2 cm³/mol. The number of hydrogen-bond donors (Lipinski definition) is 1. The highest BCUT2D eigenvalue weighted by atomic mass is 16.5. The van der Waals surface area contributed by atoms with Crippen LogP contribution in [-0.2, 0) is 4.74 Å². The van der Waals surface area contributed by atoms with Crippen molar-refractivity contribution < 1.29 is 4.74 Å². The van der Waals surface area contributed by atoms with Crippen molar-refractivity contribution in [1.29, 1.82) is 0 Å². The van der Waals surface area contributed by atoms with Crippen LogP contribution in [0, 0.1) is 0 Å². The number of nitrogens with one attached hydrogen (secondary N) is 1. The molecule has 2 heterocycles. The fourth-order valence-electron chi connectivity index (χ4n) is 1.05. The SMILES string of the molecule is C1=NCCO1.c1ccc2n[nH]nc2c1. The van der Waals surface area contributed by atoms with Crippen LogP contribution in [0.2, 0.25) is 0 Å². The number of ether oxygens (including phenoxy) is 1. The molecule has 0 spiro atoms. The molecule has 1 aliphatic rings.